The number of esters is 1. The smallest absolute Gasteiger partial charge is 0.412 e. The summed E-state index contributed by atoms with van der Waals surface area (Å²) in [5.74, 6) is -0.153. The van der Waals surface area contributed by atoms with Gasteiger partial charge in [-0.05, 0) is 81.9 Å². The third kappa shape index (κ3) is 8.04. The zero-order chi connectivity index (χ0) is 31.1. The minimum absolute atomic E-state index is 0.114. The maximum absolute atomic E-state index is 13.5. The molecule has 1 saturated heterocycles. The number of aromatic nitrogens is 1. The second-order valence-electron chi connectivity index (χ2n) is 11.8. The van der Waals surface area contributed by atoms with E-state index in [9.17, 15) is 19.5 Å². The Morgan fingerprint density at radius 3 is 2.49 bits per heavy atom. The Labute approximate surface area is 252 Å². The first-order valence-corrected chi connectivity index (χ1v) is 14.6. The standard InChI is InChI=1S/C32H42N4O7/c1-6-42-28(38)16-25-24-13-14-36(27-12-9-22(18-33-27)35-31(40)43-32(2,3)4)29(25)21(19-37)15-26(24)30(39)34-17-20-7-10-23(41-5)11-8-20/h7-12,16,18,21,24,26,29,37H,6,13-15,17,19H2,1-5H3,(H,34,39)(H,35,40)/b25-16-/t21-,24-,26-,29-/m0/s1. The van der Waals surface area contributed by atoms with Gasteiger partial charge in [0.25, 0.3) is 0 Å². The van der Waals surface area contributed by atoms with Crippen LogP contribution in [0, 0.1) is 17.8 Å². The lowest BCUT2D eigenvalue weighted by atomic mass is 9.64. The summed E-state index contributed by atoms with van der Waals surface area (Å²) in [6, 6.07) is 10.7. The second kappa shape index (κ2) is 13.9. The quantitative estimate of drug-likeness (QED) is 0.290. The molecule has 43 heavy (non-hydrogen) atoms. The minimum Gasteiger partial charge on any atom is -0.497 e. The molecule has 2 heterocycles. The predicted molar refractivity (Wildman–Crippen MR) is 162 cm³/mol. The highest BCUT2D eigenvalue weighted by Crippen LogP contribution is 2.47. The van der Waals surface area contributed by atoms with E-state index in [4.69, 9.17) is 14.2 Å². The van der Waals surface area contributed by atoms with Crippen LogP contribution in [0.15, 0.2) is 54.2 Å². The van der Waals surface area contributed by atoms with Gasteiger partial charge in [-0.3, -0.25) is 10.1 Å². The number of nitrogens with zero attached hydrogens (tertiary/aromatic N) is 2. The van der Waals surface area contributed by atoms with Crippen molar-refractivity contribution < 1.29 is 33.7 Å². The first-order chi connectivity index (χ1) is 20.5. The number of methoxy groups -OCH3 is 1. The first-order valence-electron chi connectivity index (χ1n) is 14.6. The number of anilines is 2. The molecule has 2 amide bonds. The Hall–Kier alpha value is -4.12. The number of nitrogens with one attached hydrogen (secondary N) is 2. The number of hydrogen-bond donors (Lipinski definition) is 3. The van der Waals surface area contributed by atoms with Crippen LogP contribution >= 0.6 is 0 Å². The largest absolute Gasteiger partial charge is 0.497 e. The van der Waals surface area contributed by atoms with Gasteiger partial charge in [0, 0.05) is 37.6 Å². The molecule has 232 valence electrons. The van der Waals surface area contributed by atoms with E-state index in [0.29, 0.717) is 37.4 Å². The molecule has 11 nitrogen and oxygen atoms in total. The fraction of sp³-hybridized carbons (Fsp3) is 0.500. The van der Waals surface area contributed by atoms with Crippen LogP contribution in [0.3, 0.4) is 0 Å². The van der Waals surface area contributed by atoms with Gasteiger partial charge in [0.2, 0.25) is 5.91 Å². The van der Waals surface area contributed by atoms with E-state index in [1.165, 1.54) is 6.08 Å². The maximum atomic E-state index is 13.5. The number of piperidine rings is 1. The van der Waals surface area contributed by atoms with Crippen molar-refractivity contribution in [3.05, 3.63) is 59.8 Å². The molecule has 2 aliphatic rings. The van der Waals surface area contributed by atoms with Crippen LogP contribution in [-0.4, -0.2) is 66.6 Å². The summed E-state index contributed by atoms with van der Waals surface area (Å²) in [6.07, 6.45) is 3.53. The summed E-state index contributed by atoms with van der Waals surface area (Å²) in [6.45, 7) is 8.09. The molecule has 3 N–H and O–H groups in total. The third-order valence-corrected chi connectivity index (χ3v) is 7.73. The van der Waals surface area contributed by atoms with Crippen LogP contribution in [0.2, 0.25) is 0 Å². The van der Waals surface area contributed by atoms with E-state index in [0.717, 1.165) is 16.9 Å². The monoisotopic (exact) mass is 594 g/mol. The number of aliphatic hydroxyl groups is 1. The van der Waals surface area contributed by atoms with Gasteiger partial charge in [0.05, 0.1) is 31.6 Å². The summed E-state index contributed by atoms with van der Waals surface area (Å²) in [7, 11) is 1.60. The average molecular weight is 595 g/mol. The normalized spacial score (nSPS) is 22.5. The van der Waals surface area contributed by atoms with Gasteiger partial charge in [0.1, 0.15) is 17.2 Å². The lowest BCUT2D eigenvalue weighted by molar-refractivity contribution is -0.137. The lowest BCUT2D eigenvalue weighted by Crippen LogP contribution is -2.57. The highest BCUT2D eigenvalue weighted by molar-refractivity contribution is 5.86. The molecule has 0 unspecified atom stereocenters. The second-order valence-corrected chi connectivity index (χ2v) is 11.8. The van der Waals surface area contributed by atoms with Gasteiger partial charge >= 0.3 is 12.1 Å². The van der Waals surface area contributed by atoms with E-state index in [1.54, 1.807) is 53.1 Å². The molecule has 2 aromatic rings. The molecule has 0 radical (unpaired) electrons. The van der Waals surface area contributed by atoms with Crippen LogP contribution in [0.5, 0.6) is 5.75 Å². The molecule has 2 bridgehead atoms. The molecular weight excluding hydrogens is 552 g/mol. The van der Waals surface area contributed by atoms with Gasteiger partial charge in [-0.25, -0.2) is 14.6 Å². The van der Waals surface area contributed by atoms with Crippen LogP contribution in [0.1, 0.15) is 46.1 Å². The molecule has 1 aromatic carbocycles. The maximum Gasteiger partial charge on any atom is 0.412 e. The van der Waals surface area contributed by atoms with Crippen molar-refractivity contribution in [3.8, 4) is 5.75 Å². The Kier molecular flexibility index (Phi) is 10.3. The summed E-state index contributed by atoms with van der Waals surface area (Å²) in [5.41, 5.74) is 1.55. The van der Waals surface area contributed by atoms with Crippen molar-refractivity contribution in [1.82, 2.24) is 10.3 Å². The van der Waals surface area contributed by atoms with E-state index < -0.39 is 23.6 Å². The van der Waals surface area contributed by atoms with Crippen molar-refractivity contribution in [3.63, 3.8) is 0 Å². The molecule has 0 spiro atoms. The number of hydrogen-bond acceptors (Lipinski definition) is 9. The van der Waals surface area contributed by atoms with Gasteiger partial charge in [0.15, 0.2) is 0 Å². The van der Waals surface area contributed by atoms with Crippen molar-refractivity contribution in [2.75, 3.05) is 37.1 Å². The van der Waals surface area contributed by atoms with E-state index in [-0.39, 0.29) is 37.0 Å². The predicted octanol–water partition coefficient (Wildman–Crippen LogP) is 4.07. The molecule has 1 aliphatic heterocycles. The molecule has 2 fully saturated rings. The molecular formula is C32H42N4O7. The number of amides is 2. The van der Waals surface area contributed by atoms with Gasteiger partial charge in [-0.2, -0.15) is 0 Å². The Morgan fingerprint density at radius 2 is 1.88 bits per heavy atom. The fourth-order valence-electron chi connectivity index (χ4n) is 5.91. The third-order valence-electron chi connectivity index (χ3n) is 7.73. The first kappa shape index (κ1) is 31.8. The molecule has 4 rings (SSSR count). The number of carbonyl (C=O) groups excluding carboxylic acids is 3. The number of aliphatic hydroxyl groups excluding tert-OH is 1. The summed E-state index contributed by atoms with van der Waals surface area (Å²) in [4.78, 5) is 45.1. The topological polar surface area (TPSA) is 139 Å². The number of ether oxygens (including phenoxy) is 3. The van der Waals surface area contributed by atoms with Crippen LogP contribution < -0.4 is 20.3 Å². The van der Waals surface area contributed by atoms with E-state index in [1.807, 2.05) is 24.3 Å². The zero-order valence-corrected chi connectivity index (χ0v) is 25.5. The van der Waals surface area contributed by atoms with Gasteiger partial charge in [-0.15, -0.1) is 0 Å². The number of fused-ring (bicyclic) bond motifs is 2. The molecule has 1 aromatic heterocycles. The van der Waals surface area contributed by atoms with E-state index in [2.05, 4.69) is 20.5 Å². The lowest BCUT2D eigenvalue weighted by Gasteiger charge is -2.52. The van der Waals surface area contributed by atoms with Gasteiger partial charge < -0.3 is 29.5 Å². The number of rotatable bonds is 9. The molecule has 1 saturated carbocycles. The van der Waals surface area contributed by atoms with Crippen LogP contribution in [-0.2, 0) is 25.6 Å². The number of pyridine rings is 1. The van der Waals surface area contributed by atoms with Crippen molar-refractivity contribution in [1.29, 1.82) is 0 Å². The molecule has 4 atom stereocenters. The summed E-state index contributed by atoms with van der Waals surface area (Å²) in [5, 5.41) is 16.3. The van der Waals surface area contributed by atoms with Crippen LogP contribution in [0.4, 0.5) is 16.3 Å². The van der Waals surface area contributed by atoms with E-state index >= 15 is 0 Å². The van der Waals surface area contributed by atoms with Crippen LogP contribution in [0.25, 0.3) is 0 Å². The molecule has 1 aliphatic carbocycles. The number of carbonyl (C=O) groups is 3. The Morgan fingerprint density at radius 1 is 1.14 bits per heavy atom. The van der Waals surface area contributed by atoms with Gasteiger partial charge in [-0.1, -0.05) is 12.1 Å². The highest BCUT2D eigenvalue weighted by Gasteiger charge is 2.49. The Balaban J connectivity index is 1.55. The summed E-state index contributed by atoms with van der Waals surface area (Å²) >= 11 is 0. The Bertz CT molecular complexity index is 1300. The SMILES string of the molecule is CCOC(=O)/C=C1\[C@@H]2[C@H](CO)C[C@H](C(=O)NCc3ccc(OC)cc3)[C@H]1CCN2c1ccc(NC(=O)OC(C)(C)C)cn1. The van der Waals surface area contributed by atoms with Crippen molar-refractivity contribution in [2.24, 2.45) is 17.8 Å². The van der Waals surface area contributed by atoms with Crippen molar-refractivity contribution >= 4 is 29.5 Å². The average Bonchev–Trinajstić information content (AvgIpc) is 2.96. The van der Waals surface area contributed by atoms with Crippen molar-refractivity contribution in [2.45, 2.75) is 58.7 Å². The minimum atomic E-state index is -0.631. The number of benzene rings is 1. The molecule has 11 heteroatoms. The highest BCUT2D eigenvalue weighted by atomic mass is 16.6. The summed E-state index contributed by atoms with van der Waals surface area (Å²) < 4.78 is 15.8. The zero-order valence-electron chi connectivity index (χ0n) is 25.5. The fourth-order valence-corrected chi connectivity index (χ4v) is 5.91.